The summed E-state index contributed by atoms with van der Waals surface area (Å²) in [5.74, 6) is 0. The molecule has 0 aliphatic heterocycles. The summed E-state index contributed by atoms with van der Waals surface area (Å²) in [7, 11) is 1.75. The molecule has 0 amide bonds. The first-order valence-corrected chi connectivity index (χ1v) is 6.25. The molecule has 2 aromatic rings. The topological polar surface area (TPSA) is 52.9 Å². The summed E-state index contributed by atoms with van der Waals surface area (Å²) in [6.07, 6.45) is 6.71. The van der Waals surface area contributed by atoms with Crippen LogP contribution in [0.3, 0.4) is 0 Å². The summed E-state index contributed by atoms with van der Waals surface area (Å²) in [6.45, 7) is 0. The van der Waals surface area contributed by atoms with Crippen LogP contribution in [-0.2, 0) is 12.6 Å². The number of nitrogens with zero attached hydrogens (tertiary/aromatic N) is 2. The molecule has 0 saturated heterocycles. The molecule has 0 radical (unpaired) electrons. The number of hydrogen-bond acceptors (Lipinski definition) is 2. The Hall–Kier alpha value is -1.81. The first-order valence-electron chi connectivity index (χ1n) is 6.25. The maximum Gasteiger partial charge on any atom is 0.332 e. The van der Waals surface area contributed by atoms with Gasteiger partial charge in [-0.05, 0) is 30.9 Å². The van der Waals surface area contributed by atoms with Crippen molar-refractivity contribution >= 4 is 0 Å². The molecule has 1 aliphatic carbocycles. The zero-order valence-corrected chi connectivity index (χ0v) is 10.5. The van der Waals surface area contributed by atoms with E-state index < -0.39 is 0 Å². The maximum absolute atomic E-state index is 12.0. The van der Waals surface area contributed by atoms with E-state index in [9.17, 15) is 4.79 Å². The number of para-hydroxylation sites is 1. The Labute approximate surface area is 106 Å². The van der Waals surface area contributed by atoms with Crippen molar-refractivity contribution < 1.29 is 0 Å². The van der Waals surface area contributed by atoms with E-state index in [-0.39, 0.29) is 11.2 Å². The summed E-state index contributed by atoms with van der Waals surface area (Å²) >= 11 is 0. The molecular formula is C14H17N3O. The molecule has 4 heteroatoms. The van der Waals surface area contributed by atoms with Crippen LogP contribution < -0.4 is 11.4 Å². The SMILES string of the molecule is Cn1ccn(-c2ccccc2C2(N)CCC2)c1=O. The molecule has 1 aromatic carbocycles. The van der Waals surface area contributed by atoms with Gasteiger partial charge in [-0.2, -0.15) is 0 Å². The molecule has 18 heavy (non-hydrogen) atoms. The van der Waals surface area contributed by atoms with Gasteiger partial charge in [-0.3, -0.25) is 4.57 Å². The molecule has 1 fully saturated rings. The summed E-state index contributed by atoms with van der Waals surface area (Å²) in [5, 5.41) is 0. The van der Waals surface area contributed by atoms with Crippen LogP contribution in [0, 0.1) is 0 Å². The summed E-state index contributed by atoms with van der Waals surface area (Å²) < 4.78 is 3.24. The fourth-order valence-corrected chi connectivity index (χ4v) is 2.58. The maximum atomic E-state index is 12.0. The Kier molecular flexibility index (Phi) is 2.41. The van der Waals surface area contributed by atoms with Gasteiger partial charge in [-0.15, -0.1) is 0 Å². The fraction of sp³-hybridized carbons (Fsp3) is 0.357. The van der Waals surface area contributed by atoms with Crippen LogP contribution in [0.4, 0.5) is 0 Å². The van der Waals surface area contributed by atoms with E-state index in [0.29, 0.717) is 0 Å². The molecule has 1 saturated carbocycles. The van der Waals surface area contributed by atoms with E-state index in [4.69, 9.17) is 5.73 Å². The largest absolute Gasteiger partial charge is 0.332 e. The van der Waals surface area contributed by atoms with Crippen LogP contribution in [0.25, 0.3) is 5.69 Å². The molecule has 0 unspecified atom stereocenters. The van der Waals surface area contributed by atoms with Crippen LogP contribution in [0.2, 0.25) is 0 Å². The van der Waals surface area contributed by atoms with Crippen molar-refractivity contribution in [1.82, 2.24) is 9.13 Å². The minimum absolute atomic E-state index is 0.0367. The van der Waals surface area contributed by atoms with Crippen LogP contribution in [0.1, 0.15) is 24.8 Å². The zero-order chi connectivity index (χ0) is 12.8. The first kappa shape index (κ1) is 11.3. The standard InChI is InChI=1S/C14H17N3O/c1-16-9-10-17(13(16)18)12-6-3-2-5-11(12)14(15)7-4-8-14/h2-3,5-6,9-10H,4,7-8,15H2,1H3. The van der Waals surface area contributed by atoms with E-state index in [2.05, 4.69) is 0 Å². The molecule has 2 N–H and O–H groups in total. The normalized spacial score (nSPS) is 17.4. The van der Waals surface area contributed by atoms with E-state index in [1.165, 1.54) is 0 Å². The van der Waals surface area contributed by atoms with Crippen LogP contribution in [0.15, 0.2) is 41.5 Å². The summed E-state index contributed by atoms with van der Waals surface area (Å²) in [5.41, 5.74) is 8.08. The van der Waals surface area contributed by atoms with E-state index in [1.54, 1.807) is 28.6 Å². The smallest absolute Gasteiger partial charge is 0.321 e. The molecule has 1 heterocycles. The Morgan fingerprint density at radius 2 is 1.94 bits per heavy atom. The number of aryl methyl sites for hydroxylation is 1. The van der Waals surface area contributed by atoms with E-state index in [1.807, 2.05) is 24.3 Å². The van der Waals surface area contributed by atoms with Gasteiger partial charge in [0.2, 0.25) is 0 Å². The number of rotatable bonds is 2. The molecular weight excluding hydrogens is 226 g/mol. The van der Waals surface area contributed by atoms with Crippen molar-refractivity contribution in [1.29, 1.82) is 0 Å². The molecule has 1 aliphatic rings. The number of nitrogens with two attached hydrogens (primary N) is 1. The van der Waals surface area contributed by atoms with Crippen molar-refractivity contribution in [3.63, 3.8) is 0 Å². The van der Waals surface area contributed by atoms with Gasteiger partial charge in [-0.25, -0.2) is 4.79 Å². The molecule has 3 rings (SSSR count). The lowest BCUT2D eigenvalue weighted by Gasteiger charge is -2.39. The second-order valence-electron chi connectivity index (χ2n) is 5.09. The zero-order valence-electron chi connectivity index (χ0n) is 10.5. The lowest BCUT2D eigenvalue weighted by Crippen LogP contribution is -2.44. The van der Waals surface area contributed by atoms with Crippen LogP contribution in [-0.4, -0.2) is 9.13 Å². The highest BCUT2D eigenvalue weighted by Gasteiger charge is 2.36. The predicted octanol–water partition coefficient (Wildman–Crippen LogP) is 1.51. The summed E-state index contributed by atoms with van der Waals surface area (Å²) in [6, 6.07) is 7.93. The van der Waals surface area contributed by atoms with Crippen molar-refractivity contribution in [2.75, 3.05) is 0 Å². The lowest BCUT2D eigenvalue weighted by atomic mass is 9.72. The van der Waals surface area contributed by atoms with Crippen molar-refractivity contribution in [3.8, 4) is 5.69 Å². The monoisotopic (exact) mass is 243 g/mol. The fourth-order valence-electron chi connectivity index (χ4n) is 2.58. The Bertz CT molecular complexity index is 634. The summed E-state index contributed by atoms with van der Waals surface area (Å²) in [4.78, 5) is 12.0. The van der Waals surface area contributed by atoms with Gasteiger partial charge in [0.25, 0.3) is 0 Å². The minimum atomic E-state index is -0.258. The molecule has 0 atom stereocenters. The van der Waals surface area contributed by atoms with Gasteiger partial charge in [0.1, 0.15) is 0 Å². The Morgan fingerprint density at radius 3 is 2.50 bits per heavy atom. The van der Waals surface area contributed by atoms with Crippen LogP contribution in [0.5, 0.6) is 0 Å². The first-order chi connectivity index (χ1) is 8.62. The molecule has 0 bridgehead atoms. The van der Waals surface area contributed by atoms with Gasteiger partial charge in [0.05, 0.1) is 5.69 Å². The second kappa shape index (κ2) is 3.85. The number of benzene rings is 1. The van der Waals surface area contributed by atoms with Crippen molar-refractivity contribution in [2.24, 2.45) is 12.8 Å². The number of imidazole rings is 1. The highest BCUT2D eigenvalue weighted by atomic mass is 16.1. The minimum Gasteiger partial charge on any atom is -0.321 e. The predicted molar refractivity (Wildman–Crippen MR) is 70.7 cm³/mol. The molecule has 94 valence electrons. The van der Waals surface area contributed by atoms with E-state index >= 15 is 0 Å². The van der Waals surface area contributed by atoms with Gasteiger partial charge in [0.15, 0.2) is 0 Å². The average Bonchev–Trinajstić information content (AvgIpc) is 2.67. The van der Waals surface area contributed by atoms with Gasteiger partial charge >= 0.3 is 5.69 Å². The Balaban J connectivity index is 2.18. The van der Waals surface area contributed by atoms with Gasteiger partial charge in [0, 0.05) is 25.0 Å². The molecule has 0 spiro atoms. The van der Waals surface area contributed by atoms with Crippen molar-refractivity contribution in [2.45, 2.75) is 24.8 Å². The average molecular weight is 243 g/mol. The van der Waals surface area contributed by atoms with Crippen molar-refractivity contribution in [3.05, 3.63) is 52.7 Å². The lowest BCUT2D eigenvalue weighted by molar-refractivity contribution is 0.253. The molecule has 4 nitrogen and oxygen atoms in total. The number of aromatic nitrogens is 2. The van der Waals surface area contributed by atoms with E-state index in [0.717, 1.165) is 30.5 Å². The Morgan fingerprint density at radius 1 is 1.22 bits per heavy atom. The highest BCUT2D eigenvalue weighted by Crippen LogP contribution is 2.40. The third-order valence-electron chi connectivity index (χ3n) is 3.89. The number of hydrogen-bond donors (Lipinski definition) is 1. The van der Waals surface area contributed by atoms with Gasteiger partial charge < -0.3 is 10.3 Å². The second-order valence-corrected chi connectivity index (χ2v) is 5.09. The third kappa shape index (κ3) is 1.53. The highest BCUT2D eigenvalue weighted by molar-refractivity contribution is 5.46. The van der Waals surface area contributed by atoms with Crippen LogP contribution >= 0.6 is 0 Å². The third-order valence-corrected chi connectivity index (χ3v) is 3.89. The van der Waals surface area contributed by atoms with Gasteiger partial charge in [-0.1, -0.05) is 18.2 Å². The quantitative estimate of drug-likeness (QED) is 0.869. The molecule has 1 aromatic heterocycles.